The summed E-state index contributed by atoms with van der Waals surface area (Å²) in [6.07, 6.45) is 19.7. The third kappa shape index (κ3) is 6.19. The van der Waals surface area contributed by atoms with Gasteiger partial charge in [-0.3, -0.25) is 0 Å². The highest BCUT2D eigenvalue weighted by Crippen LogP contribution is 2.43. The maximum Gasteiger partial charge on any atom is 0.123 e. The minimum atomic E-state index is -0.146. The molecule has 0 aliphatic heterocycles. The number of halogens is 1. The fourth-order valence-electron chi connectivity index (χ4n) is 5.58. The summed E-state index contributed by atoms with van der Waals surface area (Å²) >= 11 is 0. The van der Waals surface area contributed by atoms with Gasteiger partial charge in [0.1, 0.15) is 5.82 Å². The Labute approximate surface area is 166 Å². The van der Waals surface area contributed by atoms with Crippen molar-refractivity contribution in [2.24, 2.45) is 23.7 Å². The Morgan fingerprint density at radius 2 is 1.48 bits per heavy atom. The van der Waals surface area contributed by atoms with Crippen molar-refractivity contribution in [1.29, 1.82) is 0 Å². The van der Waals surface area contributed by atoms with Crippen LogP contribution in [-0.2, 0) is 0 Å². The number of unbranched alkanes of at least 4 members (excludes halogenated alkanes) is 2. The molecule has 2 saturated carbocycles. The van der Waals surface area contributed by atoms with Crippen LogP contribution in [0.3, 0.4) is 0 Å². The molecule has 0 nitrogen and oxygen atoms in total. The maximum atomic E-state index is 13.1. The lowest BCUT2D eigenvalue weighted by Gasteiger charge is -2.37. The molecule has 0 saturated heterocycles. The van der Waals surface area contributed by atoms with Gasteiger partial charge in [0.2, 0.25) is 0 Å². The lowest BCUT2D eigenvalue weighted by molar-refractivity contribution is 0.151. The predicted molar refractivity (Wildman–Crippen MR) is 115 cm³/mol. The van der Waals surface area contributed by atoms with E-state index >= 15 is 0 Å². The summed E-state index contributed by atoms with van der Waals surface area (Å²) in [6.45, 7) is 4.49. The third-order valence-electron chi connectivity index (χ3n) is 7.38. The molecule has 1 heteroatoms. The van der Waals surface area contributed by atoms with Crippen molar-refractivity contribution in [3.63, 3.8) is 0 Å². The average Bonchev–Trinajstić information content (AvgIpc) is 2.70. The second-order valence-electron chi connectivity index (χ2n) is 9.31. The number of allylic oxidation sites excluding steroid dienone is 2. The maximum absolute atomic E-state index is 13.1. The molecule has 1 aromatic carbocycles. The summed E-state index contributed by atoms with van der Waals surface area (Å²) in [5.41, 5.74) is 2.48. The minimum Gasteiger partial charge on any atom is -0.207 e. The first-order valence-corrected chi connectivity index (χ1v) is 11.6. The fourth-order valence-corrected chi connectivity index (χ4v) is 5.58. The quantitative estimate of drug-likeness (QED) is 0.422. The Kier molecular flexibility index (Phi) is 7.97. The molecule has 0 aromatic heterocycles. The van der Waals surface area contributed by atoms with Crippen LogP contribution in [0.4, 0.5) is 4.39 Å². The normalized spacial score (nSPS) is 29.7. The molecule has 2 aliphatic carbocycles. The van der Waals surface area contributed by atoms with Gasteiger partial charge in [-0.1, -0.05) is 63.7 Å². The van der Waals surface area contributed by atoms with E-state index in [-0.39, 0.29) is 5.82 Å². The van der Waals surface area contributed by atoms with E-state index in [0.717, 1.165) is 23.7 Å². The van der Waals surface area contributed by atoms with Crippen molar-refractivity contribution in [3.8, 4) is 0 Å². The molecule has 150 valence electrons. The van der Waals surface area contributed by atoms with E-state index in [1.54, 1.807) is 12.1 Å². The van der Waals surface area contributed by atoms with Crippen LogP contribution in [0, 0.1) is 29.5 Å². The third-order valence-corrected chi connectivity index (χ3v) is 7.38. The first-order valence-electron chi connectivity index (χ1n) is 11.6. The molecular weight excluding hydrogens is 331 g/mol. The van der Waals surface area contributed by atoms with E-state index in [1.165, 1.54) is 88.2 Å². The number of rotatable bonds is 7. The van der Waals surface area contributed by atoms with Crippen molar-refractivity contribution in [3.05, 3.63) is 41.7 Å². The Morgan fingerprint density at radius 1 is 0.889 bits per heavy atom. The second-order valence-corrected chi connectivity index (χ2v) is 9.31. The zero-order chi connectivity index (χ0) is 19.1. The lowest BCUT2D eigenvalue weighted by Crippen LogP contribution is -2.25. The Bertz CT molecular complexity index is 569. The van der Waals surface area contributed by atoms with Gasteiger partial charge in [-0.15, -0.1) is 0 Å². The summed E-state index contributed by atoms with van der Waals surface area (Å²) in [6, 6.07) is 6.96. The molecular formula is C26H39F. The van der Waals surface area contributed by atoms with Crippen LogP contribution in [0.5, 0.6) is 0 Å². The fraction of sp³-hybridized carbons (Fsp3) is 0.692. The summed E-state index contributed by atoms with van der Waals surface area (Å²) in [5.74, 6) is 3.60. The van der Waals surface area contributed by atoms with E-state index in [1.807, 2.05) is 12.1 Å². The Balaban J connectivity index is 1.41. The first-order chi connectivity index (χ1) is 13.2. The Hall–Kier alpha value is -1.11. The van der Waals surface area contributed by atoms with Crippen LogP contribution < -0.4 is 0 Å². The van der Waals surface area contributed by atoms with Crippen LogP contribution in [0.1, 0.15) is 96.5 Å². The lowest BCUT2D eigenvalue weighted by atomic mass is 9.68. The first kappa shape index (κ1) is 20.6. The van der Waals surface area contributed by atoms with Crippen molar-refractivity contribution in [1.82, 2.24) is 0 Å². The summed E-state index contributed by atoms with van der Waals surface area (Å²) in [7, 11) is 0. The predicted octanol–water partition coefficient (Wildman–Crippen LogP) is 8.42. The van der Waals surface area contributed by atoms with Crippen molar-refractivity contribution in [2.75, 3.05) is 0 Å². The highest BCUT2D eigenvalue weighted by molar-refractivity contribution is 5.63. The van der Waals surface area contributed by atoms with Gasteiger partial charge >= 0.3 is 0 Å². The van der Waals surface area contributed by atoms with Gasteiger partial charge in [0.15, 0.2) is 0 Å². The topological polar surface area (TPSA) is 0 Å². The van der Waals surface area contributed by atoms with E-state index < -0.39 is 0 Å². The van der Waals surface area contributed by atoms with Crippen LogP contribution in [0.25, 0.3) is 5.57 Å². The summed E-state index contributed by atoms with van der Waals surface area (Å²) < 4.78 is 13.1. The molecule has 0 unspecified atom stereocenters. The highest BCUT2D eigenvalue weighted by Gasteiger charge is 2.30. The number of hydrogen-bond donors (Lipinski definition) is 0. The molecule has 0 radical (unpaired) electrons. The Morgan fingerprint density at radius 3 is 2.07 bits per heavy atom. The van der Waals surface area contributed by atoms with E-state index in [2.05, 4.69) is 19.9 Å². The smallest absolute Gasteiger partial charge is 0.123 e. The van der Waals surface area contributed by atoms with Gasteiger partial charge in [0, 0.05) is 0 Å². The van der Waals surface area contributed by atoms with Crippen LogP contribution in [-0.4, -0.2) is 0 Å². The van der Waals surface area contributed by atoms with Gasteiger partial charge in [0.05, 0.1) is 0 Å². The van der Waals surface area contributed by atoms with Gasteiger partial charge < -0.3 is 0 Å². The molecule has 27 heavy (non-hydrogen) atoms. The van der Waals surface area contributed by atoms with E-state index in [9.17, 15) is 4.39 Å². The summed E-state index contributed by atoms with van der Waals surface area (Å²) in [5, 5.41) is 0. The second kappa shape index (κ2) is 10.4. The molecule has 0 atom stereocenters. The van der Waals surface area contributed by atoms with E-state index in [4.69, 9.17) is 0 Å². The van der Waals surface area contributed by atoms with Gasteiger partial charge in [0.25, 0.3) is 0 Å². The van der Waals surface area contributed by atoms with Crippen LogP contribution in [0.15, 0.2) is 30.3 Å². The zero-order valence-electron chi connectivity index (χ0n) is 17.6. The van der Waals surface area contributed by atoms with Crippen LogP contribution >= 0.6 is 0 Å². The number of benzene rings is 1. The standard InChI is InChI=1S/C26H39F/c1-3-4-5-6-21-7-11-24(12-8-21)25-13-9-22(10-14-25)19-20(2)23-15-17-26(27)18-16-23/h15-19,21-22,24-25H,3-14H2,1-2H3/b20-19+. The number of hydrogen-bond acceptors (Lipinski definition) is 0. The highest BCUT2D eigenvalue weighted by atomic mass is 19.1. The largest absolute Gasteiger partial charge is 0.207 e. The van der Waals surface area contributed by atoms with Gasteiger partial charge in [-0.05, 0) is 92.4 Å². The average molecular weight is 371 g/mol. The molecule has 3 rings (SSSR count). The zero-order valence-corrected chi connectivity index (χ0v) is 17.6. The molecule has 0 heterocycles. The van der Waals surface area contributed by atoms with Crippen molar-refractivity contribution < 1.29 is 4.39 Å². The van der Waals surface area contributed by atoms with Crippen LogP contribution in [0.2, 0.25) is 0 Å². The van der Waals surface area contributed by atoms with Gasteiger partial charge in [-0.25, -0.2) is 4.39 Å². The molecule has 1 aromatic rings. The monoisotopic (exact) mass is 370 g/mol. The van der Waals surface area contributed by atoms with E-state index in [0.29, 0.717) is 0 Å². The minimum absolute atomic E-state index is 0.146. The molecule has 0 amide bonds. The molecule has 0 N–H and O–H groups in total. The van der Waals surface area contributed by atoms with Crippen molar-refractivity contribution >= 4 is 5.57 Å². The van der Waals surface area contributed by atoms with Crippen molar-refractivity contribution in [2.45, 2.75) is 90.9 Å². The summed E-state index contributed by atoms with van der Waals surface area (Å²) in [4.78, 5) is 0. The SMILES string of the molecule is CCCCCC1CCC(C2CCC(/C=C(\C)c3ccc(F)cc3)CC2)CC1. The molecule has 2 fully saturated rings. The van der Waals surface area contributed by atoms with Gasteiger partial charge in [-0.2, -0.15) is 0 Å². The molecule has 0 bridgehead atoms. The molecule has 2 aliphatic rings. The molecule has 0 spiro atoms.